The average Bonchev–Trinajstić information content (AvgIpc) is 2.85. The molecule has 1 amide bonds. The summed E-state index contributed by atoms with van der Waals surface area (Å²) in [5, 5.41) is 2.57. The van der Waals surface area contributed by atoms with Crippen molar-refractivity contribution >= 4 is 28.8 Å². The van der Waals surface area contributed by atoms with Gasteiger partial charge >= 0.3 is 6.09 Å². The maximum atomic E-state index is 11.9. The first kappa shape index (κ1) is 14.8. The lowest BCUT2D eigenvalue weighted by Gasteiger charge is -2.35. The highest BCUT2D eigenvalue weighted by Crippen LogP contribution is 2.21. The zero-order valence-corrected chi connectivity index (χ0v) is 12.8. The van der Waals surface area contributed by atoms with E-state index in [2.05, 4.69) is 9.88 Å². The second-order valence-corrected chi connectivity index (χ2v) is 6.46. The van der Waals surface area contributed by atoms with Crippen molar-refractivity contribution in [3.63, 3.8) is 0 Å². The Balaban J connectivity index is 1.89. The number of hydrogen-bond donors (Lipinski definition) is 0. The molecule has 0 aromatic carbocycles. The Hall–Kier alpha value is -1.63. The highest BCUT2D eigenvalue weighted by molar-refractivity contribution is 7.13. The molecule has 20 heavy (non-hydrogen) atoms. The number of piperazine rings is 1. The van der Waals surface area contributed by atoms with Crippen molar-refractivity contribution in [3.05, 3.63) is 11.1 Å². The highest BCUT2D eigenvalue weighted by Gasteiger charge is 2.26. The zero-order chi connectivity index (χ0) is 14.8. The molecule has 0 saturated carbocycles. The third-order valence-corrected chi connectivity index (χ3v) is 3.75. The summed E-state index contributed by atoms with van der Waals surface area (Å²) in [6.07, 6.45) is 0.474. The van der Waals surface area contributed by atoms with Crippen molar-refractivity contribution in [1.29, 1.82) is 0 Å². The number of rotatable bonds is 2. The lowest BCUT2D eigenvalue weighted by molar-refractivity contribution is 0.0240. The number of aromatic nitrogens is 1. The van der Waals surface area contributed by atoms with Crippen LogP contribution in [0.4, 0.5) is 9.93 Å². The number of amides is 1. The number of ether oxygens (including phenoxy) is 1. The molecule has 110 valence electrons. The molecule has 0 bridgehead atoms. The Kier molecular flexibility index (Phi) is 4.27. The number of nitrogens with zero attached hydrogens (tertiary/aromatic N) is 3. The highest BCUT2D eigenvalue weighted by atomic mass is 32.1. The molecule has 0 N–H and O–H groups in total. The van der Waals surface area contributed by atoms with Gasteiger partial charge in [-0.3, -0.25) is 4.79 Å². The minimum absolute atomic E-state index is 0.273. The van der Waals surface area contributed by atoms with Gasteiger partial charge in [0, 0.05) is 31.6 Å². The smallest absolute Gasteiger partial charge is 0.410 e. The van der Waals surface area contributed by atoms with E-state index >= 15 is 0 Å². The molecule has 1 aliphatic heterocycles. The van der Waals surface area contributed by atoms with Crippen LogP contribution in [0.2, 0.25) is 0 Å². The van der Waals surface area contributed by atoms with Crippen LogP contribution in [0.25, 0.3) is 0 Å². The van der Waals surface area contributed by atoms with Gasteiger partial charge in [-0.1, -0.05) is 0 Å². The molecule has 1 saturated heterocycles. The standard InChI is InChI=1S/C13H19N3O3S/c1-13(2,3)19-12(18)16-6-4-15(5-7-16)11-14-10(8-17)9-20-11/h8-9H,4-7H2,1-3H3. The Labute approximate surface area is 122 Å². The van der Waals surface area contributed by atoms with Gasteiger partial charge in [0.2, 0.25) is 0 Å². The molecule has 0 spiro atoms. The van der Waals surface area contributed by atoms with Crippen molar-refractivity contribution in [2.45, 2.75) is 26.4 Å². The van der Waals surface area contributed by atoms with Crippen LogP contribution in [0, 0.1) is 0 Å². The van der Waals surface area contributed by atoms with Crippen molar-refractivity contribution in [1.82, 2.24) is 9.88 Å². The van der Waals surface area contributed by atoms with Gasteiger partial charge in [-0.15, -0.1) is 11.3 Å². The lowest BCUT2D eigenvalue weighted by Crippen LogP contribution is -2.50. The molecule has 2 rings (SSSR count). The van der Waals surface area contributed by atoms with E-state index in [1.165, 1.54) is 11.3 Å². The summed E-state index contributed by atoms with van der Waals surface area (Å²) in [4.78, 5) is 30.6. The average molecular weight is 297 g/mol. The van der Waals surface area contributed by atoms with E-state index in [9.17, 15) is 9.59 Å². The number of hydrogen-bond acceptors (Lipinski definition) is 6. The summed E-state index contributed by atoms with van der Waals surface area (Å²) < 4.78 is 5.35. The van der Waals surface area contributed by atoms with Crippen LogP contribution in [0.15, 0.2) is 5.38 Å². The molecule has 1 fully saturated rings. The van der Waals surface area contributed by atoms with E-state index in [0.29, 0.717) is 31.9 Å². The molecular formula is C13H19N3O3S. The molecule has 2 heterocycles. The number of carbonyl (C=O) groups is 2. The summed E-state index contributed by atoms with van der Waals surface area (Å²) >= 11 is 1.45. The van der Waals surface area contributed by atoms with E-state index in [4.69, 9.17) is 4.74 Å². The second kappa shape index (κ2) is 5.78. The summed E-state index contributed by atoms with van der Waals surface area (Å²) in [5.74, 6) is 0. The molecule has 1 aromatic rings. The predicted molar refractivity (Wildman–Crippen MR) is 77.5 cm³/mol. The molecule has 6 nitrogen and oxygen atoms in total. The van der Waals surface area contributed by atoms with E-state index in [1.807, 2.05) is 20.8 Å². The topological polar surface area (TPSA) is 62.7 Å². The summed E-state index contributed by atoms with van der Waals surface area (Å²) in [6.45, 7) is 8.18. The third kappa shape index (κ3) is 3.69. The van der Waals surface area contributed by atoms with E-state index in [1.54, 1.807) is 10.3 Å². The Morgan fingerprint density at radius 2 is 2.00 bits per heavy atom. The van der Waals surface area contributed by atoms with Crippen molar-refractivity contribution in [2.75, 3.05) is 31.1 Å². The SMILES string of the molecule is CC(C)(C)OC(=O)N1CCN(c2nc(C=O)cs2)CC1. The summed E-state index contributed by atoms with van der Waals surface area (Å²) in [6, 6.07) is 0. The fraction of sp³-hybridized carbons (Fsp3) is 0.615. The first-order valence-corrected chi connectivity index (χ1v) is 7.40. The summed E-state index contributed by atoms with van der Waals surface area (Å²) in [5.41, 5.74) is -0.0119. The molecule has 1 aromatic heterocycles. The van der Waals surface area contributed by atoms with Gasteiger partial charge in [0.25, 0.3) is 0 Å². The third-order valence-electron chi connectivity index (χ3n) is 2.83. The van der Waals surface area contributed by atoms with Gasteiger partial charge in [-0.25, -0.2) is 9.78 Å². The quantitative estimate of drug-likeness (QED) is 0.781. The van der Waals surface area contributed by atoms with Crippen molar-refractivity contribution < 1.29 is 14.3 Å². The Bertz CT molecular complexity index is 487. The zero-order valence-electron chi connectivity index (χ0n) is 12.0. The molecule has 0 atom stereocenters. The summed E-state index contributed by atoms with van der Waals surface area (Å²) in [7, 11) is 0. The van der Waals surface area contributed by atoms with Crippen LogP contribution in [0.3, 0.4) is 0 Å². The van der Waals surface area contributed by atoms with E-state index < -0.39 is 5.60 Å². The molecule has 0 unspecified atom stereocenters. The monoisotopic (exact) mass is 297 g/mol. The minimum Gasteiger partial charge on any atom is -0.444 e. The van der Waals surface area contributed by atoms with Crippen molar-refractivity contribution in [2.24, 2.45) is 0 Å². The van der Waals surface area contributed by atoms with E-state index in [0.717, 1.165) is 11.4 Å². The maximum absolute atomic E-state index is 11.9. The number of carbonyl (C=O) groups excluding carboxylic acids is 2. The normalized spacial score (nSPS) is 16.1. The molecule has 0 aliphatic carbocycles. The minimum atomic E-state index is -0.470. The van der Waals surface area contributed by atoms with Gasteiger partial charge < -0.3 is 14.5 Å². The number of anilines is 1. The molecule has 1 aliphatic rings. The number of thiazole rings is 1. The van der Waals surface area contributed by atoms with Gasteiger partial charge in [0.15, 0.2) is 11.4 Å². The molecular weight excluding hydrogens is 278 g/mol. The van der Waals surface area contributed by atoms with Crippen LogP contribution in [0.1, 0.15) is 31.3 Å². The van der Waals surface area contributed by atoms with E-state index in [-0.39, 0.29) is 6.09 Å². The Morgan fingerprint density at radius 1 is 1.35 bits per heavy atom. The van der Waals surface area contributed by atoms with Gasteiger partial charge in [0.05, 0.1) is 0 Å². The fourth-order valence-corrected chi connectivity index (χ4v) is 2.71. The van der Waals surface area contributed by atoms with Crippen LogP contribution >= 0.6 is 11.3 Å². The molecule has 0 radical (unpaired) electrons. The van der Waals surface area contributed by atoms with Crippen LogP contribution < -0.4 is 4.90 Å². The Morgan fingerprint density at radius 3 is 2.50 bits per heavy atom. The first-order valence-electron chi connectivity index (χ1n) is 6.52. The lowest BCUT2D eigenvalue weighted by atomic mass is 10.2. The largest absolute Gasteiger partial charge is 0.444 e. The first-order chi connectivity index (χ1) is 9.39. The predicted octanol–water partition coefficient (Wildman–Crippen LogP) is 2.01. The van der Waals surface area contributed by atoms with Gasteiger partial charge in [-0.2, -0.15) is 0 Å². The van der Waals surface area contributed by atoms with Crippen molar-refractivity contribution in [3.8, 4) is 0 Å². The van der Waals surface area contributed by atoms with Gasteiger partial charge in [-0.05, 0) is 20.8 Å². The molecule has 7 heteroatoms. The maximum Gasteiger partial charge on any atom is 0.410 e. The number of aldehydes is 1. The van der Waals surface area contributed by atoms with Crippen LogP contribution in [-0.4, -0.2) is 54.0 Å². The van der Waals surface area contributed by atoms with Crippen LogP contribution in [0.5, 0.6) is 0 Å². The second-order valence-electron chi connectivity index (χ2n) is 5.63. The fourth-order valence-electron chi connectivity index (χ4n) is 1.88. The van der Waals surface area contributed by atoms with Gasteiger partial charge in [0.1, 0.15) is 11.3 Å². The van der Waals surface area contributed by atoms with Crippen LogP contribution in [-0.2, 0) is 4.74 Å².